The smallest absolute Gasteiger partial charge is 0.256 e. The summed E-state index contributed by atoms with van der Waals surface area (Å²) in [5, 5.41) is -0.333. The van der Waals surface area contributed by atoms with Gasteiger partial charge >= 0.3 is 0 Å². The van der Waals surface area contributed by atoms with Crippen molar-refractivity contribution < 1.29 is 21.6 Å². The van der Waals surface area contributed by atoms with Gasteiger partial charge in [-0.05, 0) is 30.5 Å². The molecule has 2 N–H and O–H groups in total. The first-order valence-corrected chi connectivity index (χ1v) is 10.9. The molecule has 10 heteroatoms. The van der Waals surface area contributed by atoms with Crippen molar-refractivity contribution in [3.63, 3.8) is 0 Å². The van der Waals surface area contributed by atoms with Gasteiger partial charge in [-0.15, -0.1) is 0 Å². The largest absolute Gasteiger partial charge is 0.404 e. The van der Waals surface area contributed by atoms with Gasteiger partial charge in [0.2, 0.25) is 0 Å². The first-order chi connectivity index (χ1) is 14.2. The van der Waals surface area contributed by atoms with Crippen LogP contribution in [-0.4, -0.2) is 30.9 Å². The molecule has 1 aliphatic carbocycles. The molecule has 3 rings (SSSR count). The molecule has 0 saturated heterocycles. The van der Waals surface area contributed by atoms with Crippen LogP contribution in [0.15, 0.2) is 52.5 Å². The number of halogens is 3. The molecule has 0 unspecified atom stereocenters. The maximum Gasteiger partial charge on any atom is 0.256 e. The molecule has 0 amide bonds. The molecule has 1 heterocycles. The number of aliphatic imine (C=N–C) groups is 1. The van der Waals surface area contributed by atoms with Crippen molar-refractivity contribution in [2.24, 2.45) is 10.7 Å². The number of hydrogen-bond acceptors (Lipinski definition) is 5. The molecular weight excluding hydrogens is 419 g/mol. The predicted molar refractivity (Wildman–Crippen MR) is 109 cm³/mol. The second-order valence-corrected chi connectivity index (χ2v) is 9.25. The van der Waals surface area contributed by atoms with Crippen LogP contribution in [0.2, 0.25) is 0 Å². The van der Waals surface area contributed by atoms with Gasteiger partial charge in [-0.3, -0.25) is 9.79 Å². The number of rotatable bonds is 8. The van der Waals surface area contributed by atoms with Gasteiger partial charge in [-0.25, -0.2) is 21.6 Å². The van der Waals surface area contributed by atoms with E-state index in [-0.39, 0.29) is 27.8 Å². The van der Waals surface area contributed by atoms with E-state index in [0.29, 0.717) is 18.4 Å². The van der Waals surface area contributed by atoms with Crippen molar-refractivity contribution in [3.05, 3.63) is 70.0 Å². The lowest BCUT2D eigenvalue weighted by molar-refractivity contribution is 0.125. The Morgan fingerprint density at radius 3 is 2.60 bits per heavy atom. The lowest BCUT2D eigenvalue weighted by atomic mass is 10.1. The molecule has 0 bridgehead atoms. The third kappa shape index (κ3) is 5.38. The number of hydrogen-bond donors (Lipinski definition) is 1. The van der Waals surface area contributed by atoms with Gasteiger partial charge in [-0.2, -0.15) is 0 Å². The molecule has 0 aliphatic heterocycles. The fraction of sp³-hybridized carbons (Fsp3) is 0.300. The lowest BCUT2D eigenvalue weighted by Crippen LogP contribution is -2.21. The van der Waals surface area contributed by atoms with Crippen molar-refractivity contribution in [2.45, 2.75) is 36.8 Å². The van der Waals surface area contributed by atoms with Crippen LogP contribution >= 0.6 is 0 Å². The monoisotopic (exact) mass is 439 g/mol. The van der Waals surface area contributed by atoms with Gasteiger partial charge in [0.15, 0.2) is 9.84 Å². The summed E-state index contributed by atoms with van der Waals surface area (Å²) in [7, 11) is -3.27. The van der Waals surface area contributed by atoms with Gasteiger partial charge in [0.05, 0.1) is 23.2 Å². The summed E-state index contributed by atoms with van der Waals surface area (Å²) in [6.07, 6.45) is 2.12. The van der Waals surface area contributed by atoms with Gasteiger partial charge in [-0.1, -0.05) is 12.1 Å². The van der Waals surface area contributed by atoms with Gasteiger partial charge < -0.3 is 10.3 Å². The Balaban J connectivity index is 1.80. The summed E-state index contributed by atoms with van der Waals surface area (Å²) < 4.78 is 64.7. The number of allylic oxidation sites excluding steroid dienone is 1. The highest BCUT2D eigenvalue weighted by Crippen LogP contribution is 2.31. The van der Waals surface area contributed by atoms with E-state index in [1.54, 1.807) is 0 Å². The number of nitrogens with zero attached hydrogens (tertiary/aromatic N) is 2. The van der Waals surface area contributed by atoms with Crippen LogP contribution in [-0.2, 0) is 22.1 Å². The minimum absolute atomic E-state index is 0.106. The standard InChI is InChI=1S/C20H20F3N3O3S/c21-18-7-13(12-30(28,29)16-3-4-16)1-5-17(18)14(8-24)9-25-15-2-6-20(27)26(10-15)11-19(22)23/h1-2,5-10,16,19H,3-4,11-12,24H2. The summed E-state index contributed by atoms with van der Waals surface area (Å²) in [6, 6.07) is 6.52. The van der Waals surface area contributed by atoms with E-state index in [1.165, 1.54) is 30.6 Å². The van der Waals surface area contributed by atoms with E-state index in [9.17, 15) is 26.4 Å². The molecule has 160 valence electrons. The molecule has 1 aliphatic rings. The Bertz CT molecular complexity index is 1150. The molecule has 1 saturated carbocycles. The minimum Gasteiger partial charge on any atom is -0.404 e. The summed E-state index contributed by atoms with van der Waals surface area (Å²) >= 11 is 0. The van der Waals surface area contributed by atoms with E-state index >= 15 is 0 Å². The van der Waals surface area contributed by atoms with Crippen LogP contribution in [0.3, 0.4) is 0 Å². The molecule has 30 heavy (non-hydrogen) atoms. The summed E-state index contributed by atoms with van der Waals surface area (Å²) in [6.45, 7) is -0.762. The minimum atomic E-state index is -3.27. The van der Waals surface area contributed by atoms with E-state index in [4.69, 9.17) is 5.73 Å². The average molecular weight is 439 g/mol. The maximum absolute atomic E-state index is 14.6. The summed E-state index contributed by atoms with van der Waals surface area (Å²) in [5.41, 5.74) is 5.85. The van der Waals surface area contributed by atoms with Crippen LogP contribution in [0.4, 0.5) is 18.9 Å². The SMILES string of the molecule is NC=C(C=Nc1ccc(=O)n(CC(F)F)c1)c1ccc(CS(=O)(=O)C2CC2)cc1F. The van der Waals surface area contributed by atoms with Crippen LogP contribution in [0.1, 0.15) is 24.0 Å². The molecule has 6 nitrogen and oxygen atoms in total. The van der Waals surface area contributed by atoms with Gasteiger partial charge in [0.1, 0.15) is 5.82 Å². The average Bonchev–Trinajstić information content (AvgIpc) is 3.51. The topological polar surface area (TPSA) is 94.5 Å². The van der Waals surface area contributed by atoms with Crippen LogP contribution in [0.5, 0.6) is 0 Å². The third-order valence-electron chi connectivity index (χ3n) is 4.58. The zero-order valence-corrected chi connectivity index (χ0v) is 16.7. The van der Waals surface area contributed by atoms with Gasteiger partial charge in [0, 0.05) is 35.8 Å². The second kappa shape index (κ2) is 8.86. The third-order valence-corrected chi connectivity index (χ3v) is 6.80. The number of alkyl halides is 2. The number of sulfone groups is 1. The second-order valence-electron chi connectivity index (χ2n) is 6.97. The number of benzene rings is 1. The quantitative estimate of drug-likeness (QED) is 0.640. The zero-order chi connectivity index (χ0) is 21.9. The Kier molecular flexibility index (Phi) is 6.45. The van der Waals surface area contributed by atoms with Crippen molar-refractivity contribution in [1.82, 2.24) is 4.57 Å². The molecule has 2 aromatic rings. The van der Waals surface area contributed by atoms with E-state index in [0.717, 1.165) is 22.9 Å². The van der Waals surface area contributed by atoms with Crippen molar-refractivity contribution >= 4 is 27.3 Å². The lowest BCUT2D eigenvalue weighted by Gasteiger charge is -2.08. The fourth-order valence-corrected chi connectivity index (χ4v) is 4.63. The first kappa shape index (κ1) is 21.8. The Hall–Kier alpha value is -2.88. The normalized spacial score (nSPS) is 15.3. The molecule has 1 fully saturated rings. The molecule has 0 spiro atoms. The molecular formula is C20H20F3N3O3S. The Morgan fingerprint density at radius 1 is 1.27 bits per heavy atom. The molecule has 0 radical (unpaired) electrons. The van der Waals surface area contributed by atoms with E-state index in [2.05, 4.69) is 4.99 Å². The maximum atomic E-state index is 14.6. The number of aromatic nitrogens is 1. The predicted octanol–water partition coefficient (Wildman–Crippen LogP) is 3.03. The van der Waals surface area contributed by atoms with Crippen molar-refractivity contribution in [1.29, 1.82) is 0 Å². The highest BCUT2D eigenvalue weighted by Gasteiger charge is 2.35. The van der Waals surface area contributed by atoms with Crippen molar-refractivity contribution in [3.8, 4) is 0 Å². The van der Waals surface area contributed by atoms with Crippen LogP contribution < -0.4 is 11.3 Å². The first-order valence-electron chi connectivity index (χ1n) is 9.14. The molecule has 1 aromatic carbocycles. The number of pyridine rings is 1. The summed E-state index contributed by atoms with van der Waals surface area (Å²) in [4.78, 5) is 15.7. The van der Waals surface area contributed by atoms with Gasteiger partial charge in [0.25, 0.3) is 12.0 Å². The molecule has 0 atom stereocenters. The highest BCUT2D eigenvalue weighted by atomic mass is 32.2. The Morgan fingerprint density at radius 2 is 2.00 bits per heavy atom. The van der Waals surface area contributed by atoms with Crippen LogP contribution in [0.25, 0.3) is 5.57 Å². The van der Waals surface area contributed by atoms with E-state index in [1.807, 2.05) is 0 Å². The fourth-order valence-electron chi connectivity index (χ4n) is 2.89. The van der Waals surface area contributed by atoms with Crippen molar-refractivity contribution in [2.75, 3.05) is 0 Å². The number of nitrogens with two attached hydrogens (primary N) is 1. The summed E-state index contributed by atoms with van der Waals surface area (Å²) in [5.74, 6) is -0.889. The Labute approximate surface area is 171 Å². The molecule has 1 aromatic heterocycles. The van der Waals surface area contributed by atoms with E-state index < -0.39 is 34.2 Å². The zero-order valence-electron chi connectivity index (χ0n) is 15.8. The highest BCUT2D eigenvalue weighted by molar-refractivity contribution is 7.91. The van der Waals surface area contributed by atoms with Crippen LogP contribution in [0, 0.1) is 5.82 Å².